The van der Waals surface area contributed by atoms with Gasteiger partial charge in [0.1, 0.15) is 5.75 Å². The van der Waals surface area contributed by atoms with Gasteiger partial charge in [-0.2, -0.15) is 0 Å². The molecule has 0 aromatic heterocycles. The van der Waals surface area contributed by atoms with Crippen LogP contribution in [0.3, 0.4) is 0 Å². The second-order valence-corrected chi connectivity index (χ2v) is 6.58. The van der Waals surface area contributed by atoms with E-state index in [9.17, 15) is 4.79 Å². The van der Waals surface area contributed by atoms with Gasteiger partial charge in [-0.25, -0.2) is 0 Å². The molecule has 0 saturated carbocycles. The molecule has 5 heteroatoms. The first-order valence-corrected chi connectivity index (χ1v) is 9.12. The number of benzene rings is 2. The normalized spacial score (nSPS) is 19.8. The topological polar surface area (TPSA) is 59.6 Å². The van der Waals surface area contributed by atoms with E-state index < -0.39 is 0 Å². The maximum atomic E-state index is 12.3. The van der Waals surface area contributed by atoms with Gasteiger partial charge < -0.3 is 20.1 Å². The zero-order valence-corrected chi connectivity index (χ0v) is 15.3. The molecule has 3 rings (SSSR count). The molecule has 2 atom stereocenters. The summed E-state index contributed by atoms with van der Waals surface area (Å²) in [6.45, 7) is 6.29. The quantitative estimate of drug-likeness (QED) is 0.836. The number of hydrogen-bond acceptors (Lipinski definition) is 4. The van der Waals surface area contributed by atoms with Crippen LogP contribution in [0.4, 0.5) is 5.69 Å². The third-order valence-electron chi connectivity index (χ3n) is 4.38. The first-order chi connectivity index (χ1) is 12.6. The zero-order chi connectivity index (χ0) is 18.4. The molecule has 1 aliphatic heterocycles. The van der Waals surface area contributed by atoms with Crippen molar-refractivity contribution in [3.8, 4) is 5.75 Å². The maximum Gasteiger partial charge on any atom is 0.255 e. The Morgan fingerprint density at radius 3 is 2.54 bits per heavy atom. The molecule has 2 unspecified atom stereocenters. The molecule has 1 heterocycles. The number of carbonyl (C=O) groups is 1. The Balaban J connectivity index is 1.54. The number of amides is 1. The molecule has 0 aliphatic carbocycles. The van der Waals surface area contributed by atoms with Crippen LogP contribution in [-0.2, 0) is 11.2 Å². The smallest absolute Gasteiger partial charge is 0.255 e. The molecule has 138 valence electrons. The summed E-state index contributed by atoms with van der Waals surface area (Å²) in [5.74, 6) is 0.636. The zero-order valence-electron chi connectivity index (χ0n) is 15.3. The van der Waals surface area contributed by atoms with E-state index in [2.05, 4.69) is 17.6 Å². The lowest BCUT2D eigenvalue weighted by atomic mass is 10.1. The molecule has 26 heavy (non-hydrogen) atoms. The second kappa shape index (κ2) is 8.83. The van der Waals surface area contributed by atoms with Crippen LogP contribution >= 0.6 is 0 Å². The predicted octanol–water partition coefficient (Wildman–Crippen LogP) is 3.26. The summed E-state index contributed by atoms with van der Waals surface area (Å²) in [7, 11) is 0. The summed E-state index contributed by atoms with van der Waals surface area (Å²) in [5.41, 5.74) is 2.59. The third kappa shape index (κ3) is 5.07. The van der Waals surface area contributed by atoms with Gasteiger partial charge in [0.2, 0.25) is 0 Å². The van der Waals surface area contributed by atoms with Crippen LogP contribution in [0, 0.1) is 0 Å². The molecule has 2 aromatic rings. The summed E-state index contributed by atoms with van der Waals surface area (Å²) < 4.78 is 11.2. The van der Waals surface area contributed by atoms with Crippen molar-refractivity contribution >= 4 is 11.6 Å². The second-order valence-electron chi connectivity index (χ2n) is 6.58. The minimum atomic E-state index is -0.130. The Bertz CT molecular complexity index is 705. The molecule has 1 saturated heterocycles. The summed E-state index contributed by atoms with van der Waals surface area (Å²) in [5, 5.41) is 6.35. The van der Waals surface area contributed by atoms with E-state index in [1.165, 1.54) is 5.56 Å². The van der Waals surface area contributed by atoms with Crippen LogP contribution in [0.1, 0.15) is 29.8 Å². The molecule has 1 amide bonds. The van der Waals surface area contributed by atoms with Gasteiger partial charge in [-0.1, -0.05) is 12.1 Å². The van der Waals surface area contributed by atoms with Gasteiger partial charge in [0.05, 0.1) is 19.3 Å². The molecule has 0 bridgehead atoms. The molecular formula is C21H26N2O3. The van der Waals surface area contributed by atoms with Gasteiger partial charge in [0.25, 0.3) is 5.91 Å². The lowest BCUT2D eigenvalue weighted by molar-refractivity contribution is 0.00882. The average molecular weight is 354 g/mol. The minimum absolute atomic E-state index is 0.130. The number of anilines is 1. The lowest BCUT2D eigenvalue weighted by Crippen LogP contribution is -2.45. The summed E-state index contributed by atoms with van der Waals surface area (Å²) >= 11 is 0. The summed E-state index contributed by atoms with van der Waals surface area (Å²) in [6.07, 6.45) is 1.07. The Labute approximate surface area is 154 Å². The van der Waals surface area contributed by atoms with Gasteiger partial charge in [-0.15, -0.1) is 0 Å². The SMILES string of the molecule is CCOc1ccc(C(=O)Nc2ccc(CC3CNC(C)CO3)cc2)cc1. The van der Waals surface area contributed by atoms with Crippen molar-refractivity contribution in [3.63, 3.8) is 0 Å². The Kier molecular flexibility index (Phi) is 6.26. The molecule has 2 N–H and O–H groups in total. The molecule has 0 spiro atoms. The van der Waals surface area contributed by atoms with Gasteiger partial charge in [-0.05, 0) is 62.2 Å². The first kappa shape index (κ1) is 18.4. The van der Waals surface area contributed by atoms with Crippen LogP contribution in [0.5, 0.6) is 5.75 Å². The van der Waals surface area contributed by atoms with Crippen molar-refractivity contribution < 1.29 is 14.3 Å². The highest BCUT2D eigenvalue weighted by atomic mass is 16.5. The van der Waals surface area contributed by atoms with Crippen molar-refractivity contribution in [2.75, 3.05) is 25.1 Å². The number of ether oxygens (including phenoxy) is 2. The van der Waals surface area contributed by atoms with E-state index in [1.54, 1.807) is 24.3 Å². The number of carbonyl (C=O) groups excluding carboxylic acids is 1. The summed E-state index contributed by atoms with van der Waals surface area (Å²) in [4.78, 5) is 12.3. The van der Waals surface area contributed by atoms with Crippen LogP contribution in [0.2, 0.25) is 0 Å². The monoisotopic (exact) mass is 354 g/mol. The van der Waals surface area contributed by atoms with E-state index in [0.29, 0.717) is 18.2 Å². The van der Waals surface area contributed by atoms with Crippen molar-refractivity contribution in [1.82, 2.24) is 5.32 Å². The van der Waals surface area contributed by atoms with E-state index in [-0.39, 0.29) is 12.0 Å². The molecule has 1 aliphatic rings. The molecular weight excluding hydrogens is 328 g/mol. The highest BCUT2D eigenvalue weighted by Gasteiger charge is 2.18. The Hall–Kier alpha value is -2.37. The lowest BCUT2D eigenvalue weighted by Gasteiger charge is -2.28. The van der Waals surface area contributed by atoms with Crippen LogP contribution in [0.15, 0.2) is 48.5 Å². The first-order valence-electron chi connectivity index (χ1n) is 9.12. The van der Waals surface area contributed by atoms with Crippen LogP contribution in [-0.4, -0.2) is 37.8 Å². The molecule has 1 fully saturated rings. The largest absolute Gasteiger partial charge is 0.494 e. The van der Waals surface area contributed by atoms with E-state index >= 15 is 0 Å². The number of nitrogens with one attached hydrogen (secondary N) is 2. The fourth-order valence-corrected chi connectivity index (χ4v) is 2.92. The standard InChI is InChI=1S/C21H26N2O3/c1-3-25-19-10-6-17(7-11-19)21(24)23-18-8-4-16(5-9-18)12-20-13-22-15(2)14-26-20/h4-11,15,20,22H,3,12-14H2,1-2H3,(H,23,24). The van der Waals surface area contributed by atoms with Gasteiger partial charge in [-0.3, -0.25) is 4.79 Å². The highest BCUT2D eigenvalue weighted by molar-refractivity contribution is 6.04. The van der Waals surface area contributed by atoms with Crippen LogP contribution < -0.4 is 15.4 Å². The summed E-state index contributed by atoms with van der Waals surface area (Å²) in [6, 6.07) is 15.5. The van der Waals surface area contributed by atoms with Crippen molar-refractivity contribution in [3.05, 3.63) is 59.7 Å². The van der Waals surface area contributed by atoms with Crippen molar-refractivity contribution in [1.29, 1.82) is 0 Å². The van der Waals surface area contributed by atoms with Crippen molar-refractivity contribution in [2.45, 2.75) is 32.4 Å². The number of rotatable bonds is 6. The van der Waals surface area contributed by atoms with Crippen molar-refractivity contribution in [2.24, 2.45) is 0 Å². The Morgan fingerprint density at radius 2 is 1.92 bits per heavy atom. The van der Waals surface area contributed by atoms with Gasteiger partial charge in [0.15, 0.2) is 0 Å². The highest BCUT2D eigenvalue weighted by Crippen LogP contribution is 2.16. The molecule has 2 aromatic carbocycles. The fourth-order valence-electron chi connectivity index (χ4n) is 2.92. The fraction of sp³-hybridized carbons (Fsp3) is 0.381. The van der Waals surface area contributed by atoms with Gasteiger partial charge >= 0.3 is 0 Å². The Morgan fingerprint density at radius 1 is 1.19 bits per heavy atom. The maximum absolute atomic E-state index is 12.3. The number of morpholine rings is 1. The molecule has 0 radical (unpaired) electrons. The van der Waals surface area contributed by atoms with Crippen LogP contribution in [0.25, 0.3) is 0 Å². The predicted molar refractivity (Wildman–Crippen MR) is 103 cm³/mol. The van der Waals surface area contributed by atoms with E-state index in [1.807, 2.05) is 31.2 Å². The minimum Gasteiger partial charge on any atom is -0.494 e. The molecule has 5 nitrogen and oxygen atoms in total. The third-order valence-corrected chi connectivity index (χ3v) is 4.38. The average Bonchev–Trinajstić information content (AvgIpc) is 2.66. The van der Waals surface area contributed by atoms with Gasteiger partial charge in [0, 0.05) is 23.8 Å². The number of hydrogen-bond donors (Lipinski definition) is 2. The van der Waals surface area contributed by atoms with E-state index in [4.69, 9.17) is 9.47 Å². The van der Waals surface area contributed by atoms with E-state index in [0.717, 1.165) is 31.0 Å².